The number of nitrogens with zero attached hydrogens (tertiary/aromatic N) is 3. The van der Waals surface area contributed by atoms with Gasteiger partial charge in [-0.25, -0.2) is 0 Å². The van der Waals surface area contributed by atoms with Crippen molar-refractivity contribution in [1.29, 1.82) is 0 Å². The van der Waals surface area contributed by atoms with Crippen LogP contribution in [0.5, 0.6) is 0 Å². The van der Waals surface area contributed by atoms with Crippen LogP contribution in [0, 0.1) is 0 Å². The third-order valence-electron chi connectivity index (χ3n) is 4.70. The van der Waals surface area contributed by atoms with Gasteiger partial charge in [-0.15, -0.1) is 21.5 Å². The zero-order valence-electron chi connectivity index (χ0n) is 16.6. The number of hydrogen-bond donors (Lipinski definition) is 1. The minimum atomic E-state index is -0.0525. The fourth-order valence-corrected chi connectivity index (χ4v) is 4.55. The molecule has 1 N–H and O–H groups in total. The zero-order valence-corrected chi connectivity index (χ0v) is 18.2. The summed E-state index contributed by atoms with van der Waals surface area (Å²) in [6.07, 6.45) is 1.53. The molecule has 2 heterocycles. The van der Waals surface area contributed by atoms with Crippen molar-refractivity contribution in [1.82, 2.24) is 14.8 Å². The van der Waals surface area contributed by atoms with E-state index in [9.17, 15) is 4.79 Å². The number of para-hydroxylation sites is 1. The van der Waals surface area contributed by atoms with E-state index in [-0.39, 0.29) is 11.7 Å². The molecule has 0 atom stereocenters. The Bertz CT molecular complexity index is 1110. The van der Waals surface area contributed by atoms with Gasteiger partial charge in [0.25, 0.3) is 0 Å². The SMILES string of the molecule is Cn1c(Cc2cccs2)nnc1SCC(=O)Nc1ccccc1Cc1ccccc1. The van der Waals surface area contributed by atoms with Gasteiger partial charge in [0.15, 0.2) is 5.16 Å². The quantitative estimate of drug-likeness (QED) is 0.405. The van der Waals surface area contributed by atoms with Crippen molar-refractivity contribution in [2.45, 2.75) is 18.0 Å². The molecule has 0 fully saturated rings. The van der Waals surface area contributed by atoms with Gasteiger partial charge in [-0.05, 0) is 35.1 Å². The second-order valence-electron chi connectivity index (χ2n) is 6.87. The van der Waals surface area contributed by atoms with Crippen LogP contribution in [0.25, 0.3) is 0 Å². The molecule has 2 aromatic carbocycles. The van der Waals surface area contributed by atoms with Crippen LogP contribution in [0.2, 0.25) is 0 Å². The Hall–Kier alpha value is -2.90. The number of thiophene rings is 1. The average Bonchev–Trinajstić information content (AvgIpc) is 3.39. The number of hydrogen-bond acceptors (Lipinski definition) is 5. The topological polar surface area (TPSA) is 59.8 Å². The van der Waals surface area contributed by atoms with Gasteiger partial charge in [-0.1, -0.05) is 66.4 Å². The number of thioether (sulfide) groups is 1. The number of benzene rings is 2. The molecule has 0 aliphatic carbocycles. The van der Waals surface area contributed by atoms with E-state index in [1.165, 1.54) is 22.2 Å². The van der Waals surface area contributed by atoms with Crippen molar-refractivity contribution in [3.8, 4) is 0 Å². The zero-order chi connectivity index (χ0) is 20.8. The Balaban J connectivity index is 1.36. The van der Waals surface area contributed by atoms with Crippen LogP contribution in [-0.2, 0) is 24.7 Å². The van der Waals surface area contributed by atoms with Crippen molar-refractivity contribution in [2.75, 3.05) is 11.1 Å². The first-order valence-corrected chi connectivity index (χ1v) is 11.5. The van der Waals surface area contributed by atoms with Crippen LogP contribution in [0.15, 0.2) is 77.3 Å². The summed E-state index contributed by atoms with van der Waals surface area (Å²) in [7, 11) is 1.94. The lowest BCUT2D eigenvalue weighted by molar-refractivity contribution is -0.113. The van der Waals surface area contributed by atoms with Crippen molar-refractivity contribution in [3.05, 3.63) is 93.9 Å². The molecule has 7 heteroatoms. The number of amides is 1. The Kier molecular flexibility index (Phi) is 6.61. The Morgan fingerprint density at radius 1 is 1.00 bits per heavy atom. The molecule has 0 unspecified atom stereocenters. The summed E-state index contributed by atoms with van der Waals surface area (Å²) in [6, 6.07) is 22.3. The van der Waals surface area contributed by atoms with Gasteiger partial charge in [0.05, 0.1) is 5.75 Å². The van der Waals surface area contributed by atoms with Crippen LogP contribution in [0.3, 0.4) is 0 Å². The summed E-state index contributed by atoms with van der Waals surface area (Å²) < 4.78 is 1.96. The maximum Gasteiger partial charge on any atom is 0.234 e. The lowest BCUT2D eigenvalue weighted by atomic mass is 10.0. The maximum atomic E-state index is 12.6. The smallest absolute Gasteiger partial charge is 0.234 e. The summed E-state index contributed by atoms with van der Waals surface area (Å²) >= 11 is 3.10. The molecule has 2 aromatic heterocycles. The van der Waals surface area contributed by atoms with Crippen LogP contribution in [0.4, 0.5) is 5.69 Å². The summed E-state index contributed by atoms with van der Waals surface area (Å²) in [5, 5.41) is 14.4. The van der Waals surface area contributed by atoms with Crippen molar-refractivity contribution in [3.63, 3.8) is 0 Å². The molecule has 152 valence electrons. The molecule has 0 spiro atoms. The van der Waals surface area contributed by atoms with E-state index in [4.69, 9.17) is 0 Å². The molecule has 4 rings (SSSR count). The van der Waals surface area contributed by atoms with Gasteiger partial charge in [0, 0.05) is 24.0 Å². The molecule has 4 aromatic rings. The first-order chi connectivity index (χ1) is 14.7. The van der Waals surface area contributed by atoms with E-state index in [2.05, 4.69) is 45.2 Å². The molecular formula is C23H22N4OS2. The van der Waals surface area contributed by atoms with Gasteiger partial charge < -0.3 is 9.88 Å². The number of carbonyl (C=O) groups excluding carboxylic acids is 1. The van der Waals surface area contributed by atoms with Crippen molar-refractivity contribution >= 4 is 34.7 Å². The predicted molar refractivity (Wildman–Crippen MR) is 123 cm³/mol. The van der Waals surface area contributed by atoms with E-state index in [1.54, 1.807) is 11.3 Å². The molecule has 5 nitrogen and oxygen atoms in total. The second kappa shape index (κ2) is 9.73. The highest BCUT2D eigenvalue weighted by Gasteiger charge is 2.13. The van der Waals surface area contributed by atoms with Crippen molar-refractivity contribution in [2.24, 2.45) is 7.05 Å². The highest BCUT2D eigenvalue weighted by Crippen LogP contribution is 2.22. The van der Waals surface area contributed by atoms with Gasteiger partial charge in [0.1, 0.15) is 5.82 Å². The number of nitrogens with one attached hydrogen (secondary N) is 1. The van der Waals surface area contributed by atoms with Gasteiger partial charge in [0.2, 0.25) is 5.91 Å². The number of aromatic nitrogens is 3. The minimum absolute atomic E-state index is 0.0525. The van der Waals surface area contributed by atoms with E-state index >= 15 is 0 Å². The lowest BCUT2D eigenvalue weighted by Gasteiger charge is -2.11. The van der Waals surface area contributed by atoms with E-state index in [0.717, 1.165) is 35.1 Å². The molecule has 30 heavy (non-hydrogen) atoms. The van der Waals surface area contributed by atoms with E-state index in [1.807, 2.05) is 54.1 Å². The molecule has 0 bridgehead atoms. The van der Waals surface area contributed by atoms with Crippen LogP contribution in [-0.4, -0.2) is 26.4 Å². The molecule has 1 amide bonds. The third kappa shape index (κ3) is 5.17. The van der Waals surface area contributed by atoms with Crippen LogP contribution < -0.4 is 5.32 Å². The molecule has 0 saturated carbocycles. The minimum Gasteiger partial charge on any atom is -0.325 e. The molecule has 0 aliphatic heterocycles. The highest BCUT2D eigenvalue weighted by atomic mass is 32.2. The van der Waals surface area contributed by atoms with Gasteiger partial charge in [-0.2, -0.15) is 0 Å². The average molecular weight is 435 g/mol. The fourth-order valence-electron chi connectivity index (χ4n) is 3.12. The number of rotatable bonds is 8. The lowest BCUT2D eigenvalue weighted by Crippen LogP contribution is -2.16. The van der Waals surface area contributed by atoms with Crippen LogP contribution in [0.1, 0.15) is 21.8 Å². The summed E-state index contributed by atoms with van der Waals surface area (Å²) in [6.45, 7) is 0. The fraction of sp³-hybridized carbons (Fsp3) is 0.174. The monoisotopic (exact) mass is 434 g/mol. The maximum absolute atomic E-state index is 12.6. The Morgan fingerprint density at radius 2 is 1.80 bits per heavy atom. The molecule has 0 radical (unpaired) electrons. The normalized spacial score (nSPS) is 10.8. The number of carbonyl (C=O) groups is 1. The Morgan fingerprint density at radius 3 is 2.60 bits per heavy atom. The van der Waals surface area contributed by atoms with E-state index in [0.29, 0.717) is 0 Å². The highest BCUT2D eigenvalue weighted by molar-refractivity contribution is 7.99. The summed E-state index contributed by atoms with van der Waals surface area (Å²) in [5.74, 6) is 1.13. The van der Waals surface area contributed by atoms with Gasteiger partial charge in [-0.3, -0.25) is 4.79 Å². The third-order valence-corrected chi connectivity index (χ3v) is 6.60. The predicted octanol–water partition coefficient (Wildman–Crippen LogP) is 4.79. The first kappa shape index (κ1) is 20.4. The largest absolute Gasteiger partial charge is 0.325 e. The molecule has 0 saturated heterocycles. The van der Waals surface area contributed by atoms with Gasteiger partial charge >= 0.3 is 0 Å². The standard InChI is InChI=1S/C23H22N4OS2/c1-27-21(15-19-11-7-13-29-19)25-26-23(27)30-16-22(28)24-20-12-6-5-10-18(20)14-17-8-3-2-4-9-17/h2-13H,14-16H2,1H3,(H,24,28). The van der Waals surface area contributed by atoms with Crippen molar-refractivity contribution < 1.29 is 4.79 Å². The molecule has 0 aliphatic rings. The molecular weight excluding hydrogens is 412 g/mol. The number of anilines is 1. The Labute approximate surface area is 184 Å². The van der Waals surface area contributed by atoms with E-state index < -0.39 is 0 Å². The second-order valence-corrected chi connectivity index (χ2v) is 8.85. The van der Waals surface area contributed by atoms with Crippen LogP contribution >= 0.6 is 23.1 Å². The summed E-state index contributed by atoms with van der Waals surface area (Å²) in [5.41, 5.74) is 3.16. The first-order valence-electron chi connectivity index (χ1n) is 9.64. The summed E-state index contributed by atoms with van der Waals surface area (Å²) in [4.78, 5) is 13.8.